The molecule has 2 N–H and O–H groups in total. The number of amides is 1. The van der Waals surface area contributed by atoms with Gasteiger partial charge in [0.1, 0.15) is 0 Å². The van der Waals surface area contributed by atoms with E-state index in [4.69, 9.17) is 5.73 Å². The first-order chi connectivity index (χ1) is 8.50. The largest absolute Gasteiger partial charge is 0.320 e. The quantitative estimate of drug-likeness (QED) is 0.869. The van der Waals surface area contributed by atoms with Crippen molar-refractivity contribution in [3.05, 3.63) is 29.8 Å². The predicted octanol–water partition coefficient (Wildman–Crippen LogP) is 2.20. The maximum atomic E-state index is 12.4. The van der Waals surface area contributed by atoms with Crippen LogP contribution in [0.25, 0.3) is 0 Å². The monoisotopic (exact) mass is 246 g/mol. The molecule has 0 spiro atoms. The zero-order chi connectivity index (χ0) is 13.3. The standard InChI is InChI=1S/C15H22N2O/c1-10(2)14(16)15(18)17-9-11(3)8-12-6-4-5-7-13(12)17/h4-7,10-11,14H,8-9,16H2,1-3H3. The molecule has 0 radical (unpaired) electrons. The van der Waals surface area contributed by atoms with Gasteiger partial charge in [0.2, 0.25) is 5.91 Å². The maximum Gasteiger partial charge on any atom is 0.244 e. The van der Waals surface area contributed by atoms with Gasteiger partial charge in [-0.1, -0.05) is 39.0 Å². The molecule has 0 aromatic heterocycles. The number of para-hydroxylation sites is 1. The third kappa shape index (κ3) is 2.41. The molecule has 3 heteroatoms. The van der Waals surface area contributed by atoms with E-state index in [1.54, 1.807) is 0 Å². The lowest BCUT2D eigenvalue weighted by Gasteiger charge is -2.35. The van der Waals surface area contributed by atoms with Gasteiger partial charge in [-0.2, -0.15) is 0 Å². The molecule has 2 atom stereocenters. The van der Waals surface area contributed by atoms with E-state index >= 15 is 0 Å². The molecular formula is C15H22N2O. The molecule has 0 saturated heterocycles. The fourth-order valence-electron chi connectivity index (χ4n) is 2.47. The van der Waals surface area contributed by atoms with E-state index in [9.17, 15) is 4.79 Å². The van der Waals surface area contributed by atoms with Crippen LogP contribution in [0, 0.1) is 11.8 Å². The molecule has 0 saturated carbocycles. The molecule has 1 aromatic carbocycles. The molecule has 98 valence electrons. The highest BCUT2D eigenvalue weighted by Crippen LogP contribution is 2.30. The van der Waals surface area contributed by atoms with E-state index in [0.29, 0.717) is 5.92 Å². The van der Waals surface area contributed by atoms with Crippen LogP contribution < -0.4 is 10.6 Å². The Bertz CT molecular complexity index is 442. The van der Waals surface area contributed by atoms with Crippen molar-refractivity contribution in [2.24, 2.45) is 17.6 Å². The molecule has 0 aliphatic carbocycles. The SMILES string of the molecule is CC1Cc2ccccc2N(C(=O)C(N)C(C)C)C1. The van der Waals surface area contributed by atoms with Gasteiger partial charge < -0.3 is 10.6 Å². The van der Waals surface area contributed by atoms with Gasteiger partial charge in [-0.15, -0.1) is 0 Å². The average molecular weight is 246 g/mol. The van der Waals surface area contributed by atoms with Crippen LogP contribution in [0.15, 0.2) is 24.3 Å². The summed E-state index contributed by atoms with van der Waals surface area (Å²) in [5, 5.41) is 0. The lowest BCUT2D eigenvalue weighted by molar-refractivity contribution is -0.120. The molecule has 0 fully saturated rings. The number of fused-ring (bicyclic) bond motifs is 1. The van der Waals surface area contributed by atoms with E-state index in [0.717, 1.165) is 18.7 Å². The molecule has 3 nitrogen and oxygen atoms in total. The van der Waals surface area contributed by atoms with Gasteiger partial charge in [0.05, 0.1) is 6.04 Å². The van der Waals surface area contributed by atoms with Crippen molar-refractivity contribution in [1.29, 1.82) is 0 Å². The second kappa shape index (κ2) is 5.11. The van der Waals surface area contributed by atoms with Gasteiger partial charge in [-0.05, 0) is 29.9 Å². The molecule has 2 unspecified atom stereocenters. The van der Waals surface area contributed by atoms with E-state index in [2.05, 4.69) is 13.0 Å². The first-order valence-electron chi connectivity index (χ1n) is 6.65. The number of nitrogens with two attached hydrogens (primary N) is 1. The van der Waals surface area contributed by atoms with Crippen LogP contribution in [0.4, 0.5) is 5.69 Å². The van der Waals surface area contributed by atoms with E-state index in [1.807, 2.05) is 36.9 Å². The number of anilines is 1. The fourth-order valence-corrected chi connectivity index (χ4v) is 2.47. The van der Waals surface area contributed by atoms with Gasteiger partial charge in [-0.3, -0.25) is 4.79 Å². The highest BCUT2D eigenvalue weighted by Gasteiger charge is 2.30. The number of hydrogen-bond donors (Lipinski definition) is 1. The number of hydrogen-bond acceptors (Lipinski definition) is 2. The highest BCUT2D eigenvalue weighted by molar-refractivity contribution is 5.98. The number of carbonyl (C=O) groups excluding carboxylic acids is 1. The van der Waals surface area contributed by atoms with Gasteiger partial charge in [-0.25, -0.2) is 0 Å². The maximum absolute atomic E-state index is 12.4. The van der Waals surface area contributed by atoms with Crippen molar-refractivity contribution in [3.63, 3.8) is 0 Å². The van der Waals surface area contributed by atoms with Crippen LogP contribution in [-0.4, -0.2) is 18.5 Å². The summed E-state index contributed by atoms with van der Waals surface area (Å²) < 4.78 is 0. The normalized spacial score (nSPS) is 20.7. The Morgan fingerprint density at radius 1 is 1.39 bits per heavy atom. The number of nitrogens with zero attached hydrogens (tertiary/aromatic N) is 1. The summed E-state index contributed by atoms with van der Waals surface area (Å²) in [6.45, 7) is 6.93. The Balaban J connectivity index is 2.31. The summed E-state index contributed by atoms with van der Waals surface area (Å²) in [6, 6.07) is 7.72. The van der Waals surface area contributed by atoms with Crippen molar-refractivity contribution >= 4 is 11.6 Å². The topological polar surface area (TPSA) is 46.3 Å². The molecule has 1 aliphatic heterocycles. The van der Waals surface area contributed by atoms with Crippen molar-refractivity contribution in [2.75, 3.05) is 11.4 Å². The van der Waals surface area contributed by atoms with Crippen LogP contribution >= 0.6 is 0 Å². The second-order valence-corrected chi connectivity index (χ2v) is 5.66. The molecular weight excluding hydrogens is 224 g/mol. The Labute approximate surface area is 109 Å². The number of carbonyl (C=O) groups is 1. The Morgan fingerprint density at radius 2 is 2.06 bits per heavy atom. The Hall–Kier alpha value is -1.35. The summed E-state index contributed by atoms with van der Waals surface area (Å²) in [6.07, 6.45) is 1.04. The smallest absolute Gasteiger partial charge is 0.244 e. The Morgan fingerprint density at radius 3 is 2.72 bits per heavy atom. The molecule has 1 amide bonds. The zero-order valence-corrected chi connectivity index (χ0v) is 11.4. The lowest BCUT2D eigenvalue weighted by Crippen LogP contribution is -2.49. The van der Waals surface area contributed by atoms with Crippen LogP contribution in [0.1, 0.15) is 26.3 Å². The van der Waals surface area contributed by atoms with Gasteiger partial charge in [0.25, 0.3) is 0 Å². The predicted molar refractivity (Wildman–Crippen MR) is 74.5 cm³/mol. The fraction of sp³-hybridized carbons (Fsp3) is 0.533. The van der Waals surface area contributed by atoms with Crippen LogP contribution in [-0.2, 0) is 11.2 Å². The minimum atomic E-state index is -0.414. The summed E-state index contributed by atoms with van der Waals surface area (Å²) in [5.74, 6) is 0.703. The molecule has 18 heavy (non-hydrogen) atoms. The van der Waals surface area contributed by atoms with E-state index in [-0.39, 0.29) is 11.8 Å². The van der Waals surface area contributed by atoms with E-state index in [1.165, 1.54) is 5.56 Å². The minimum absolute atomic E-state index is 0.0454. The number of benzene rings is 1. The van der Waals surface area contributed by atoms with Crippen molar-refractivity contribution in [3.8, 4) is 0 Å². The lowest BCUT2D eigenvalue weighted by atomic mass is 9.92. The first-order valence-corrected chi connectivity index (χ1v) is 6.65. The molecule has 2 rings (SSSR count). The average Bonchev–Trinajstić information content (AvgIpc) is 2.35. The third-order valence-electron chi connectivity index (χ3n) is 3.61. The summed E-state index contributed by atoms with van der Waals surface area (Å²) in [5.41, 5.74) is 8.29. The van der Waals surface area contributed by atoms with E-state index < -0.39 is 6.04 Å². The first kappa shape index (κ1) is 13.1. The van der Waals surface area contributed by atoms with Crippen LogP contribution in [0.5, 0.6) is 0 Å². The van der Waals surface area contributed by atoms with Gasteiger partial charge in [0.15, 0.2) is 0 Å². The molecule has 1 heterocycles. The van der Waals surface area contributed by atoms with Crippen LogP contribution in [0.2, 0.25) is 0 Å². The van der Waals surface area contributed by atoms with Gasteiger partial charge in [0, 0.05) is 12.2 Å². The third-order valence-corrected chi connectivity index (χ3v) is 3.61. The van der Waals surface area contributed by atoms with Crippen molar-refractivity contribution in [2.45, 2.75) is 33.2 Å². The highest BCUT2D eigenvalue weighted by atomic mass is 16.2. The molecule has 1 aliphatic rings. The summed E-state index contributed by atoms with van der Waals surface area (Å²) in [4.78, 5) is 14.3. The molecule has 1 aromatic rings. The second-order valence-electron chi connectivity index (χ2n) is 5.66. The summed E-state index contributed by atoms with van der Waals surface area (Å²) >= 11 is 0. The number of rotatable bonds is 2. The van der Waals surface area contributed by atoms with Crippen molar-refractivity contribution < 1.29 is 4.79 Å². The van der Waals surface area contributed by atoms with Crippen LogP contribution in [0.3, 0.4) is 0 Å². The molecule has 0 bridgehead atoms. The minimum Gasteiger partial charge on any atom is -0.320 e. The Kier molecular flexibility index (Phi) is 3.71. The zero-order valence-electron chi connectivity index (χ0n) is 11.4. The summed E-state index contributed by atoms with van der Waals surface area (Å²) in [7, 11) is 0. The van der Waals surface area contributed by atoms with Gasteiger partial charge >= 0.3 is 0 Å². The van der Waals surface area contributed by atoms with Crippen molar-refractivity contribution in [1.82, 2.24) is 0 Å².